The van der Waals surface area contributed by atoms with E-state index in [1.54, 1.807) is 12.1 Å². The third kappa shape index (κ3) is 4.33. The molecular formula is C25H17ClN2OS. The lowest BCUT2D eigenvalue weighted by atomic mass is 9.99. The summed E-state index contributed by atoms with van der Waals surface area (Å²) in [7, 11) is -1.50. The van der Waals surface area contributed by atoms with Gasteiger partial charge in [0.15, 0.2) is 0 Å². The summed E-state index contributed by atoms with van der Waals surface area (Å²) in [4.78, 5) is 4.66. The van der Waals surface area contributed by atoms with E-state index in [1.807, 2.05) is 78.9 Å². The highest BCUT2D eigenvalue weighted by molar-refractivity contribution is 7.84. The van der Waals surface area contributed by atoms with Gasteiger partial charge < -0.3 is 0 Å². The van der Waals surface area contributed by atoms with Gasteiger partial charge in [0.05, 0.1) is 27.8 Å². The zero-order valence-electron chi connectivity index (χ0n) is 16.0. The molecule has 4 rings (SSSR count). The van der Waals surface area contributed by atoms with E-state index in [2.05, 4.69) is 11.1 Å². The SMILES string of the molecule is N#Cc1c(-c2ccccc2)cc(-c2ccccc2)nc1S(=O)Cc1ccc(Cl)cc1. The van der Waals surface area contributed by atoms with E-state index in [0.717, 1.165) is 22.3 Å². The van der Waals surface area contributed by atoms with E-state index in [9.17, 15) is 9.47 Å². The van der Waals surface area contributed by atoms with Gasteiger partial charge in [0.2, 0.25) is 0 Å². The number of halogens is 1. The smallest absolute Gasteiger partial charge is 0.146 e. The molecule has 1 aromatic heterocycles. The molecule has 0 saturated heterocycles. The van der Waals surface area contributed by atoms with Crippen molar-refractivity contribution in [2.24, 2.45) is 0 Å². The van der Waals surface area contributed by atoms with Gasteiger partial charge in [-0.2, -0.15) is 5.26 Å². The highest BCUT2D eigenvalue weighted by atomic mass is 35.5. The molecule has 30 heavy (non-hydrogen) atoms. The Bertz CT molecular complexity index is 1230. The van der Waals surface area contributed by atoms with Crippen LogP contribution in [0.1, 0.15) is 11.1 Å². The van der Waals surface area contributed by atoms with Gasteiger partial charge in [0.25, 0.3) is 0 Å². The van der Waals surface area contributed by atoms with E-state index in [0.29, 0.717) is 21.3 Å². The van der Waals surface area contributed by atoms with Crippen molar-refractivity contribution in [3.63, 3.8) is 0 Å². The Hall–Kier alpha value is -3.26. The Morgan fingerprint density at radius 3 is 2.07 bits per heavy atom. The highest BCUT2D eigenvalue weighted by Crippen LogP contribution is 2.32. The van der Waals surface area contributed by atoms with Gasteiger partial charge in [-0.25, -0.2) is 4.98 Å². The van der Waals surface area contributed by atoms with Crippen LogP contribution in [0.15, 0.2) is 96.0 Å². The molecule has 0 saturated carbocycles. The monoisotopic (exact) mass is 428 g/mol. The first kappa shape index (κ1) is 20.0. The maximum Gasteiger partial charge on any atom is 0.146 e. The number of pyridine rings is 1. The van der Waals surface area contributed by atoms with Crippen LogP contribution in [-0.4, -0.2) is 9.19 Å². The van der Waals surface area contributed by atoms with Crippen LogP contribution in [0.5, 0.6) is 0 Å². The Morgan fingerprint density at radius 2 is 1.47 bits per heavy atom. The summed E-state index contributed by atoms with van der Waals surface area (Å²) in [6.45, 7) is 0. The first-order valence-corrected chi connectivity index (χ1v) is 11.0. The van der Waals surface area contributed by atoms with Crippen LogP contribution in [0.3, 0.4) is 0 Å². The molecular weight excluding hydrogens is 412 g/mol. The van der Waals surface area contributed by atoms with Crippen molar-refractivity contribution < 1.29 is 4.21 Å². The van der Waals surface area contributed by atoms with E-state index in [4.69, 9.17) is 11.6 Å². The van der Waals surface area contributed by atoms with Crippen molar-refractivity contribution in [3.8, 4) is 28.5 Å². The minimum absolute atomic E-state index is 0.255. The summed E-state index contributed by atoms with van der Waals surface area (Å²) in [6.07, 6.45) is 0. The Morgan fingerprint density at radius 1 is 0.867 bits per heavy atom. The van der Waals surface area contributed by atoms with Crippen molar-refractivity contribution in [1.29, 1.82) is 5.26 Å². The van der Waals surface area contributed by atoms with E-state index in [-0.39, 0.29) is 5.75 Å². The Labute approximate surface area is 183 Å². The van der Waals surface area contributed by atoms with Crippen molar-refractivity contribution in [2.75, 3.05) is 0 Å². The second-order valence-electron chi connectivity index (χ2n) is 6.70. The van der Waals surface area contributed by atoms with Gasteiger partial charge in [-0.05, 0) is 29.3 Å². The zero-order chi connectivity index (χ0) is 20.9. The molecule has 1 atom stereocenters. The molecule has 0 spiro atoms. The molecule has 0 aliphatic heterocycles. The third-order valence-corrected chi connectivity index (χ3v) is 6.25. The molecule has 0 aliphatic carbocycles. The van der Waals surface area contributed by atoms with Crippen LogP contribution in [0.4, 0.5) is 0 Å². The van der Waals surface area contributed by atoms with Crippen molar-refractivity contribution in [1.82, 2.24) is 4.98 Å². The highest BCUT2D eigenvalue weighted by Gasteiger charge is 2.20. The van der Waals surface area contributed by atoms with E-state index in [1.165, 1.54) is 0 Å². The normalized spacial score (nSPS) is 11.6. The number of nitrogens with zero attached hydrogens (tertiary/aromatic N) is 2. The first-order chi connectivity index (χ1) is 14.7. The number of rotatable bonds is 5. The molecule has 0 fully saturated rings. The van der Waals surface area contributed by atoms with Gasteiger partial charge in [-0.15, -0.1) is 0 Å². The maximum absolute atomic E-state index is 13.3. The first-order valence-electron chi connectivity index (χ1n) is 9.34. The lowest BCUT2D eigenvalue weighted by Gasteiger charge is -2.13. The van der Waals surface area contributed by atoms with E-state index < -0.39 is 10.8 Å². The maximum atomic E-state index is 13.3. The molecule has 0 amide bonds. The average molecular weight is 429 g/mol. The van der Waals surface area contributed by atoms with Crippen LogP contribution in [-0.2, 0) is 16.6 Å². The topological polar surface area (TPSA) is 53.8 Å². The molecule has 1 unspecified atom stereocenters. The van der Waals surface area contributed by atoms with Gasteiger partial charge in [0.1, 0.15) is 11.1 Å². The predicted molar refractivity (Wildman–Crippen MR) is 121 cm³/mol. The van der Waals surface area contributed by atoms with Gasteiger partial charge in [-0.1, -0.05) is 84.4 Å². The molecule has 0 bridgehead atoms. The molecule has 1 heterocycles. The van der Waals surface area contributed by atoms with Crippen LogP contribution in [0.2, 0.25) is 5.02 Å². The summed E-state index contributed by atoms with van der Waals surface area (Å²) in [6, 6.07) is 30.7. The van der Waals surface area contributed by atoms with Crippen molar-refractivity contribution in [3.05, 3.63) is 107 Å². The summed E-state index contributed by atoms with van der Waals surface area (Å²) in [5.41, 5.74) is 4.42. The van der Waals surface area contributed by atoms with Crippen molar-refractivity contribution in [2.45, 2.75) is 10.8 Å². The summed E-state index contributed by atoms with van der Waals surface area (Å²) in [5.74, 6) is 0.255. The average Bonchev–Trinajstić information content (AvgIpc) is 2.80. The standard InChI is InChI=1S/C25H17ClN2OS/c26-21-13-11-18(12-14-21)17-30(29)25-23(16-27)22(19-7-3-1-4-8-19)15-24(28-25)20-9-5-2-6-10-20/h1-15H,17H2. The number of aromatic nitrogens is 1. The molecule has 5 heteroatoms. The second-order valence-corrected chi connectivity index (χ2v) is 8.50. The number of nitriles is 1. The fraction of sp³-hybridized carbons (Fsp3) is 0.0400. The van der Waals surface area contributed by atoms with Gasteiger partial charge in [0, 0.05) is 16.1 Å². The minimum Gasteiger partial charge on any atom is -0.252 e. The molecule has 3 aromatic carbocycles. The molecule has 3 nitrogen and oxygen atoms in total. The fourth-order valence-electron chi connectivity index (χ4n) is 3.20. The molecule has 146 valence electrons. The number of hydrogen-bond acceptors (Lipinski definition) is 3. The van der Waals surface area contributed by atoms with Crippen LogP contribution < -0.4 is 0 Å². The van der Waals surface area contributed by atoms with Crippen LogP contribution in [0, 0.1) is 11.3 Å². The zero-order valence-corrected chi connectivity index (χ0v) is 17.5. The fourth-order valence-corrected chi connectivity index (χ4v) is 4.54. The molecule has 0 radical (unpaired) electrons. The summed E-state index contributed by atoms with van der Waals surface area (Å²) < 4.78 is 13.3. The lowest BCUT2D eigenvalue weighted by Crippen LogP contribution is -2.05. The van der Waals surface area contributed by atoms with Gasteiger partial charge >= 0.3 is 0 Å². The summed E-state index contributed by atoms with van der Waals surface area (Å²) in [5, 5.41) is 10.9. The largest absolute Gasteiger partial charge is 0.252 e. The lowest BCUT2D eigenvalue weighted by molar-refractivity contribution is 0.679. The van der Waals surface area contributed by atoms with E-state index >= 15 is 0 Å². The van der Waals surface area contributed by atoms with Crippen LogP contribution >= 0.6 is 11.6 Å². The summed E-state index contributed by atoms with van der Waals surface area (Å²) >= 11 is 5.96. The third-order valence-electron chi connectivity index (χ3n) is 4.68. The molecule has 0 N–H and O–H groups in total. The minimum atomic E-state index is -1.50. The quantitative estimate of drug-likeness (QED) is 0.377. The number of hydrogen-bond donors (Lipinski definition) is 0. The van der Waals surface area contributed by atoms with Crippen molar-refractivity contribution >= 4 is 22.4 Å². The Balaban J connectivity index is 1.86. The number of benzene rings is 3. The molecule has 0 aliphatic rings. The van der Waals surface area contributed by atoms with Crippen LogP contribution in [0.25, 0.3) is 22.4 Å². The second kappa shape index (κ2) is 9.04. The predicted octanol–water partition coefficient (Wildman–Crippen LogP) is 6.25. The Kier molecular flexibility index (Phi) is 6.04. The molecule has 4 aromatic rings. The van der Waals surface area contributed by atoms with Gasteiger partial charge in [-0.3, -0.25) is 4.21 Å².